The van der Waals surface area contributed by atoms with Gasteiger partial charge in [0.15, 0.2) is 0 Å². The molecule has 0 spiro atoms. The van der Waals surface area contributed by atoms with Gasteiger partial charge in [0.2, 0.25) is 0 Å². The van der Waals surface area contributed by atoms with Gasteiger partial charge in [-0.1, -0.05) is 20.3 Å². The molecule has 0 bridgehead atoms. The van der Waals surface area contributed by atoms with E-state index in [2.05, 4.69) is 50.4 Å². The van der Waals surface area contributed by atoms with Crippen LogP contribution in [0.5, 0.6) is 0 Å². The first-order valence-corrected chi connectivity index (χ1v) is 7.44. The van der Waals surface area contributed by atoms with Crippen molar-refractivity contribution in [3.05, 3.63) is 18.0 Å². The van der Waals surface area contributed by atoms with Gasteiger partial charge in [-0.05, 0) is 52.1 Å². The van der Waals surface area contributed by atoms with Gasteiger partial charge in [0.05, 0.1) is 5.69 Å². The summed E-state index contributed by atoms with van der Waals surface area (Å²) in [6.45, 7) is 9.85. The zero-order valence-electron chi connectivity index (χ0n) is 12.4. The molecule has 0 fully saturated rings. The summed E-state index contributed by atoms with van der Waals surface area (Å²) >= 11 is 0. The molecule has 0 saturated heterocycles. The van der Waals surface area contributed by atoms with E-state index in [0.29, 0.717) is 12.1 Å². The first kappa shape index (κ1) is 15.2. The Bertz CT molecular complexity index is 311. The van der Waals surface area contributed by atoms with Gasteiger partial charge in [0.1, 0.15) is 0 Å². The molecule has 1 N–H and O–H groups in total. The summed E-state index contributed by atoms with van der Waals surface area (Å²) in [5, 5.41) is 8.16. The molecule has 1 atom stereocenters. The largest absolute Gasteiger partial charge is 0.314 e. The second-order valence-electron chi connectivity index (χ2n) is 5.32. The SMILES string of the molecule is CCCC(CCCc1ccn(C(C)C)n1)NCC. The molecule has 0 saturated carbocycles. The van der Waals surface area contributed by atoms with E-state index in [1.165, 1.54) is 31.4 Å². The van der Waals surface area contributed by atoms with Crippen LogP contribution in [0.1, 0.15) is 65.1 Å². The first-order chi connectivity index (χ1) is 8.67. The van der Waals surface area contributed by atoms with E-state index in [1.54, 1.807) is 0 Å². The highest BCUT2D eigenvalue weighted by Crippen LogP contribution is 2.10. The maximum atomic E-state index is 4.59. The average Bonchev–Trinajstić information content (AvgIpc) is 2.78. The molecule has 104 valence electrons. The van der Waals surface area contributed by atoms with Crippen molar-refractivity contribution in [3.63, 3.8) is 0 Å². The molecule has 0 aromatic carbocycles. The average molecular weight is 251 g/mol. The molecule has 3 nitrogen and oxygen atoms in total. The van der Waals surface area contributed by atoms with Crippen LogP contribution in [0.4, 0.5) is 0 Å². The summed E-state index contributed by atoms with van der Waals surface area (Å²) in [6.07, 6.45) is 8.23. The van der Waals surface area contributed by atoms with E-state index in [9.17, 15) is 0 Å². The predicted octanol–water partition coefficient (Wildman–Crippen LogP) is 3.56. The van der Waals surface area contributed by atoms with Crippen molar-refractivity contribution < 1.29 is 0 Å². The van der Waals surface area contributed by atoms with Crippen LogP contribution >= 0.6 is 0 Å². The van der Waals surface area contributed by atoms with Crippen molar-refractivity contribution in [3.8, 4) is 0 Å². The Kier molecular flexibility index (Phi) is 7.02. The van der Waals surface area contributed by atoms with Crippen LogP contribution in [-0.4, -0.2) is 22.4 Å². The molecule has 0 aliphatic heterocycles. The van der Waals surface area contributed by atoms with Crippen molar-refractivity contribution in [2.24, 2.45) is 0 Å². The molecule has 3 heteroatoms. The third kappa shape index (κ3) is 5.21. The van der Waals surface area contributed by atoms with Gasteiger partial charge < -0.3 is 5.32 Å². The molecule has 1 rings (SSSR count). The fraction of sp³-hybridized carbons (Fsp3) is 0.800. The van der Waals surface area contributed by atoms with E-state index in [0.717, 1.165) is 13.0 Å². The van der Waals surface area contributed by atoms with Crippen molar-refractivity contribution in [1.29, 1.82) is 0 Å². The van der Waals surface area contributed by atoms with E-state index in [-0.39, 0.29) is 0 Å². The second-order valence-corrected chi connectivity index (χ2v) is 5.32. The van der Waals surface area contributed by atoms with Crippen LogP contribution in [0.2, 0.25) is 0 Å². The Morgan fingerprint density at radius 2 is 2.06 bits per heavy atom. The minimum atomic E-state index is 0.466. The molecule has 1 heterocycles. The number of nitrogens with zero attached hydrogens (tertiary/aromatic N) is 2. The smallest absolute Gasteiger partial charge is 0.0624 e. The van der Waals surface area contributed by atoms with Crippen LogP contribution in [0.3, 0.4) is 0 Å². The standard InChI is InChI=1S/C15H29N3/c1-5-8-14(16-6-2)9-7-10-15-11-12-18(17-15)13(3)4/h11-14,16H,5-10H2,1-4H3. The lowest BCUT2D eigenvalue weighted by atomic mass is 10.0. The number of aromatic nitrogens is 2. The highest BCUT2D eigenvalue weighted by molar-refractivity contribution is 4.99. The van der Waals surface area contributed by atoms with Gasteiger partial charge >= 0.3 is 0 Å². The minimum absolute atomic E-state index is 0.466. The summed E-state index contributed by atoms with van der Waals surface area (Å²) in [6, 6.07) is 3.31. The monoisotopic (exact) mass is 251 g/mol. The molecule has 1 aromatic heterocycles. The quantitative estimate of drug-likeness (QED) is 0.727. The number of hydrogen-bond donors (Lipinski definition) is 1. The zero-order chi connectivity index (χ0) is 13.4. The van der Waals surface area contributed by atoms with E-state index >= 15 is 0 Å². The molecule has 0 radical (unpaired) electrons. The topological polar surface area (TPSA) is 29.9 Å². The number of nitrogens with one attached hydrogen (secondary N) is 1. The van der Waals surface area contributed by atoms with Gasteiger partial charge in [-0.2, -0.15) is 5.10 Å². The number of rotatable bonds is 9. The third-order valence-corrected chi connectivity index (χ3v) is 3.31. The van der Waals surface area contributed by atoms with Crippen molar-refractivity contribution in [2.75, 3.05) is 6.54 Å². The summed E-state index contributed by atoms with van der Waals surface area (Å²) in [5.41, 5.74) is 1.23. The Balaban J connectivity index is 2.30. The number of hydrogen-bond acceptors (Lipinski definition) is 2. The van der Waals surface area contributed by atoms with E-state index < -0.39 is 0 Å². The Hall–Kier alpha value is -0.830. The number of aryl methyl sites for hydroxylation is 1. The van der Waals surface area contributed by atoms with E-state index in [1.807, 2.05) is 4.68 Å². The van der Waals surface area contributed by atoms with Crippen LogP contribution in [0.15, 0.2) is 12.3 Å². The van der Waals surface area contributed by atoms with Crippen LogP contribution in [0, 0.1) is 0 Å². The molecular formula is C15H29N3. The van der Waals surface area contributed by atoms with E-state index in [4.69, 9.17) is 0 Å². The zero-order valence-corrected chi connectivity index (χ0v) is 12.4. The van der Waals surface area contributed by atoms with Gasteiger partial charge in [-0.15, -0.1) is 0 Å². The molecular weight excluding hydrogens is 222 g/mol. The lowest BCUT2D eigenvalue weighted by Crippen LogP contribution is -2.28. The Morgan fingerprint density at radius 1 is 1.28 bits per heavy atom. The second kappa shape index (κ2) is 8.30. The molecule has 0 aliphatic rings. The first-order valence-electron chi connectivity index (χ1n) is 7.44. The lowest BCUT2D eigenvalue weighted by molar-refractivity contribution is 0.445. The molecule has 18 heavy (non-hydrogen) atoms. The highest BCUT2D eigenvalue weighted by atomic mass is 15.3. The Morgan fingerprint density at radius 3 is 2.61 bits per heavy atom. The maximum absolute atomic E-state index is 4.59. The normalized spacial score (nSPS) is 13.2. The van der Waals surface area contributed by atoms with Crippen LogP contribution in [-0.2, 0) is 6.42 Å². The predicted molar refractivity (Wildman–Crippen MR) is 77.9 cm³/mol. The van der Waals surface area contributed by atoms with Gasteiger partial charge in [0.25, 0.3) is 0 Å². The highest BCUT2D eigenvalue weighted by Gasteiger charge is 2.07. The van der Waals surface area contributed by atoms with Crippen LogP contribution < -0.4 is 5.32 Å². The molecule has 1 unspecified atom stereocenters. The van der Waals surface area contributed by atoms with Crippen molar-refractivity contribution in [2.45, 2.75) is 71.9 Å². The van der Waals surface area contributed by atoms with Gasteiger partial charge in [-0.3, -0.25) is 4.68 Å². The van der Waals surface area contributed by atoms with Crippen molar-refractivity contribution in [1.82, 2.24) is 15.1 Å². The van der Waals surface area contributed by atoms with Gasteiger partial charge in [-0.25, -0.2) is 0 Å². The summed E-state index contributed by atoms with van der Waals surface area (Å²) in [7, 11) is 0. The van der Waals surface area contributed by atoms with Gasteiger partial charge in [0, 0.05) is 18.3 Å². The maximum Gasteiger partial charge on any atom is 0.0624 e. The summed E-state index contributed by atoms with van der Waals surface area (Å²) in [5.74, 6) is 0. The fourth-order valence-electron chi connectivity index (χ4n) is 2.31. The Labute approximate surface area is 112 Å². The van der Waals surface area contributed by atoms with Crippen LogP contribution in [0.25, 0.3) is 0 Å². The third-order valence-electron chi connectivity index (χ3n) is 3.31. The molecule has 0 aliphatic carbocycles. The molecule has 0 amide bonds. The minimum Gasteiger partial charge on any atom is -0.314 e. The lowest BCUT2D eigenvalue weighted by Gasteiger charge is -2.16. The summed E-state index contributed by atoms with van der Waals surface area (Å²) < 4.78 is 2.04. The summed E-state index contributed by atoms with van der Waals surface area (Å²) in [4.78, 5) is 0. The van der Waals surface area contributed by atoms with Crippen molar-refractivity contribution >= 4 is 0 Å². The fourth-order valence-corrected chi connectivity index (χ4v) is 2.31. The molecule has 1 aromatic rings.